The van der Waals surface area contributed by atoms with Crippen LogP contribution in [0, 0.1) is 0 Å². The van der Waals surface area contributed by atoms with Crippen molar-refractivity contribution in [1.29, 1.82) is 0 Å². The SMILES string of the molecule is CC1(C(=O)O)CCCN1Cc1ccc(Br)s1. The molecule has 1 aromatic heterocycles. The van der Waals surface area contributed by atoms with Gasteiger partial charge < -0.3 is 5.11 Å². The van der Waals surface area contributed by atoms with Crippen molar-refractivity contribution < 1.29 is 9.90 Å². The van der Waals surface area contributed by atoms with E-state index in [9.17, 15) is 9.90 Å². The zero-order valence-corrected chi connectivity index (χ0v) is 11.5. The van der Waals surface area contributed by atoms with Gasteiger partial charge in [-0.05, 0) is 54.4 Å². The molecule has 2 rings (SSSR count). The van der Waals surface area contributed by atoms with Crippen LogP contribution in [0.3, 0.4) is 0 Å². The molecule has 0 amide bonds. The number of rotatable bonds is 3. The highest BCUT2D eigenvalue weighted by molar-refractivity contribution is 9.11. The van der Waals surface area contributed by atoms with Crippen LogP contribution < -0.4 is 0 Å². The van der Waals surface area contributed by atoms with Crippen LogP contribution in [-0.4, -0.2) is 28.1 Å². The molecule has 5 heteroatoms. The van der Waals surface area contributed by atoms with Gasteiger partial charge in [0.25, 0.3) is 0 Å². The number of carboxylic acids is 1. The molecule has 1 aromatic rings. The smallest absolute Gasteiger partial charge is 0.323 e. The summed E-state index contributed by atoms with van der Waals surface area (Å²) < 4.78 is 1.10. The molecule has 2 heterocycles. The molecule has 1 saturated heterocycles. The summed E-state index contributed by atoms with van der Waals surface area (Å²) in [4.78, 5) is 14.6. The van der Waals surface area contributed by atoms with E-state index in [2.05, 4.69) is 26.9 Å². The predicted octanol–water partition coefficient (Wildman–Crippen LogP) is 2.95. The number of nitrogens with zero attached hydrogens (tertiary/aromatic N) is 1. The summed E-state index contributed by atoms with van der Waals surface area (Å²) in [6.45, 7) is 3.43. The number of aliphatic carboxylic acids is 1. The van der Waals surface area contributed by atoms with Crippen LogP contribution in [0.2, 0.25) is 0 Å². The van der Waals surface area contributed by atoms with Gasteiger partial charge in [0, 0.05) is 11.4 Å². The molecule has 1 aliphatic rings. The Labute approximate surface area is 107 Å². The zero-order valence-electron chi connectivity index (χ0n) is 9.07. The molecule has 1 aliphatic heterocycles. The van der Waals surface area contributed by atoms with Crippen molar-refractivity contribution in [2.45, 2.75) is 31.8 Å². The minimum atomic E-state index is -0.708. The van der Waals surface area contributed by atoms with Gasteiger partial charge in [-0.15, -0.1) is 11.3 Å². The summed E-state index contributed by atoms with van der Waals surface area (Å²) in [7, 11) is 0. The minimum absolute atomic E-state index is 0.684. The Bertz CT molecular complexity index is 406. The first-order chi connectivity index (χ1) is 7.52. The number of hydrogen-bond donors (Lipinski definition) is 1. The van der Waals surface area contributed by atoms with E-state index in [4.69, 9.17) is 0 Å². The molecule has 0 radical (unpaired) electrons. The molecular weight excluding hydrogens is 290 g/mol. The van der Waals surface area contributed by atoms with Crippen molar-refractivity contribution in [3.63, 3.8) is 0 Å². The maximum atomic E-state index is 11.3. The summed E-state index contributed by atoms with van der Waals surface area (Å²) in [5.41, 5.74) is -0.684. The average molecular weight is 304 g/mol. The fourth-order valence-electron chi connectivity index (χ4n) is 2.14. The molecule has 16 heavy (non-hydrogen) atoms. The summed E-state index contributed by atoms with van der Waals surface area (Å²) in [5.74, 6) is -0.708. The fourth-order valence-corrected chi connectivity index (χ4v) is 3.64. The molecule has 1 N–H and O–H groups in total. The molecule has 0 spiro atoms. The Morgan fingerprint density at radius 1 is 1.69 bits per heavy atom. The minimum Gasteiger partial charge on any atom is -0.480 e. The van der Waals surface area contributed by atoms with Crippen molar-refractivity contribution in [1.82, 2.24) is 4.90 Å². The number of likely N-dealkylation sites (tertiary alicyclic amines) is 1. The Hall–Kier alpha value is -0.390. The van der Waals surface area contributed by atoms with Gasteiger partial charge in [-0.25, -0.2) is 0 Å². The Balaban J connectivity index is 2.12. The van der Waals surface area contributed by atoms with Gasteiger partial charge in [0.05, 0.1) is 3.79 Å². The Morgan fingerprint density at radius 3 is 3.00 bits per heavy atom. The first-order valence-corrected chi connectivity index (χ1v) is 6.86. The van der Waals surface area contributed by atoms with Crippen LogP contribution in [0.1, 0.15) is 24.6 Å². The van der Waals surface area contributed by atoms with E-state index in [1.807, 2.05) is 13.0 Å². The lowest BCUT2D eigenvalue weighted by molar-refractivity contribution is -0.148. The van der Waals surface area contributed by atoms with Gasteiger partial charge in [0.1, 0.15) is 5.54 Å². The van der Waals surface area contributed by atoms with Crippen LogP contribution in [0.25, 0.3) is 0 Å². The molecular formula is C11H14BrNO2S. The fraction of sp³-hybridized carbons (Fsp3) is 0.545. The monoisotopic (exact) mass is 303 g/mol. The first kappa shape index (κ1) is 12.1. The second kappa shape index (κ2) is 4.47. The third-order valence-corrected chi connectivity index (χ3v) is 4.83. The largest absolute Gasteiger partial charge is 0.480 e. The molecule has 0 bridgehead atoms. The van der Waals surface area contributed by atoms with Crippen molar-refractivity contribution in [2.75, 3.05) is 6.54 Å². The molecule has 1 unspecified atom stereocenters. The van der Waals surface area contributed by atoms with Crippen LogP contribution >= 0.6 is 27.3 Å². The van der Waals surface area contributed by atoms with E-state index < -0.39 is 11.5 Å². The highest BCUT2D eigenvalue weighted by Crippen LogP contribution is 2.32. The van der Waals surface area contributed by atoms with Crippen molar-refractivity contribution in [2.24, 2.45) is 0 Å². The van der Waals surface area contributed by atoms with Gasteiger partial charge in [-0.1, -0.05) is 0 Å². The van der Waals surface area contributed by atoms with E-state index in [0.717, 1.165) is 29.7 Å². The second-order valence-electron chi connectivity index (χ2n) is 4.31. The first-order valence-electron chi connectivity index (χ1n) is 5.25. The van der Waals surface area contributed by atoms with E-state index in [-0.39, 0.29) is 0 Å². The summed E-state index contributed by atoms with van der Waals surface area (Å²) in [5, 5.41) is 9.28. The Kier molecular flexibility index (Phi) is 3.37. The molecule has 1 fully saturated rings. The normalized spacial score (nSPS) is 26.1. The maximum Gasteiger partial charge on any atom is 0.323 e. The van der Waals surface area contributed by atoms with E-state index >= 15 is 0 Å². The van der Waals surface area contributed by atoms with Gasteiger partial charge in [0.2, 0.25) is 0 Å². The predicted molar refractivity (Wildman–Crippen MR) is 67.7 cm³/mol. The third kappa shape index (κ3) is 2.17. The van der Waals surface area contributed by atoms with Gasteiger partial charge in [-0.3, -0.25) is 9.69 Å². The third-order valence-electron chi connectivity index (χ3n) is 3.23. The highest BCUT2D eigenvalue weighted by atomic mass is 79.9. The van der Waals surface area contributed by atoms with Gasteiger partial charge in [0.15, 0.2) is 0 Å². The zero-order chi connectivity index (χ0) is 11.8. The molecule has 0 aromatic carbocycles. The van der Waals surface area contributed by atoms with E-state index in [0.29, 0.717) is 0 Å². The lowest BCUT2D eigenvalue weighted by Crippen LogP contribution is -2.47. The Morgan fingerprint density at radius 2 is 2.44 bits per heavy atom. The lowest BCUT2D eigenvalue weighted by Gasteiger charge is -2.30. The quantitative estimate of drug-likeness (QED) is 0.933. The molecule has 0 aliphatic carbocycles. The lowest BCUT2D eigenvalue weighted by atomic mass is 9.99. The van der Waals surface area contributed by atoms with Crippen LogP contribution in [0.4, 0.5) is 0 Å². The molecule has 1 atom stereocenters. The highest BCUT2D eigenvalue weighted by Gasteiger charge is 2.43. The summed E-state index contributed by atoms with van der Waals surface area (Å²) in [6, 6.07) is 4.06. The molecule has 3 nitrogen and oxygen atoms in total. The van der Waals surface area contributed by atoms with Crippen molar-refractivity contribution in [3.05, 3.63) is 20.8 Å². The number of halogens is 1. The van der Waals surface area contributed by atoms with Crippen LogP contribution in [-0.2, 0) is 11.3 Å². The average Bonchev–Trinajstić information content (AvgIpc) is 2.76. The maximum absolute atomic E-state index is 11.3. The van der Waals surface area contributed by atoms with Crippen molar-refractivity contribution >= 4 is 33.2 Å². The van der Waals surface area contributed by atoms with Gasteiger partial charge in [-0.2, -0.15) is 0 Å². The number of thiophene rings is 1. The second-order valence-corrected chi connectivity index (χ2v) is 6.86. The van der Waals surface area contributed by atoms with E-state index in [1.54, 1.807) is 11.3 Å². The molecule has 0 saturated carbocycles. The topological polar surface area (TPSA) is 40.5 Å². The number of carboxylic acid groups (broad SMARTS) is 1. The number of carbonyl (C=O) groups is 1. The van der Waals surface area contributed by atoms with Crippen LogP contribution in [0.5, 0.6) is 0 Å². The molecule has 88 valence electrons. The van der Waals surface area contributed by atoms with E-state index in [1.165, 1.54) is 4.88 Å². The summed E-state index contributed by atoms with van der Waals surface area (Å²) in [6.07, 6.45) is 1.71. The van der Waals surface area contributed by atoms with Crippen molar-refractivity contribution in [3.8, 4) is 0 Å². The standard InChI is InChI=1S/C11H14BrNO2S/c1-11(10(14)15)5-2-6-13(11)7-8-3-4-9(12)16-8/h3-4H,2,5-7H2,1H3,(H,14,15). The van der Waals surface area contributed by atoms with Gasteiger partial charge >= 0.3 is 5.97 Å². The number of hydrogen-bond acceptors (Lipinski definition) is 3. The van der Waals surface area contributed by atoms with Crippen LogP contribution in [0.15, 0.2) is 15.9 Å². The summed E-state index contributed by atoms with van der Waals surface area (Å²) >= 11 is 5.09.